The van der Waals surface area contributed by atoms with Gasteiger partial charge >= 0.3 is 5.97 Å². The van der Waals surface area contributed by atoms with E-state index in [9.17, 15) is 9.59 Å². The van der Waals surface area contributed by atoms with E-state index in [4.69, 9.17) is 9.52 Å². The van der Waals surface area contributed by atoms with E-state index in [0.717, 1.165) is 24.8 Å². The maximum absolute atomic E-state index is 13.0. The van der Waals surface area contributed by atoms with Gasteiger partial charge in [-0.2, -0.15) is 0 Å². The Morgan fingerprint density at radius 2 is 1.69 bits per heavy atom. The number of aryl methyl sites for hydroxylation is 2. The van der Waals surface area contributed by atoms with Crippen molar-refractivity contribution in [2.24, 2.45) is 0 Å². The Morgan fingerprint density at radius 3 is 2.34 bits per heavy atom. The topological polar surface area (TPSA) is 79.5 Å². The molecule has 0 saturated carbocycles. The quantitative estimate of drug-likeness (QED) is 0.554. The fourth-order valence-electron chi connectivity index (χ4n) is 3.46. The fourth-order valence-corrected chi connectivity index (χ4v) is 3.46. The predicted molar refractivity (Wildman–Crippen MR) is 111 cm³/mol. The van der Waals surface area contributed by atoms with E-state index in [1.54, 1.807) is 6.92 Å². The number of benzene rings is 2. The molecule has 1 heterocycles. The highest BCUT2D eigenvalue weighted by Crippen LogP contribution is 2.23. The molecule has 1 atom stereocenters. The van der Waals surface area contributed by atoms with Gasteiger partial charge in [0, 0.05) is 5.56 Å². The zero-order valence-electron chi connectivity index (χ0n) is 16.4. The van der Waals surface area contributed by atoms with Crippen molar-refractivity contribution in [1.29, 1.82) is 0 Å². The second kappa shape index (κ2) is 9.73. The van der Waals surface area contributed by atoms with Gasteiger partial charge in [-0.05, 0) is 37.3 Å². The number of carboxylic acids is 1. The van der Waals surface area contributed by atoms with Crippen LogP contribution >= 0.6 is 0 Å². The number of carbonyl (C=O) groups excluding carboxylic acids is 1. The summed E-state index contributed by atoms with van der Waals surface area (Å²) >= 11 is 0. The monoisotopic (exact) mass is 391 g/mol. The molecule has 0 spiro atoms. The zero-order valence-corrected chi connectivity index (χ0v) is 16.4. The van der Waals surface area contributed by atoms with Crippen molar-refractivity contribution in [1.82, 2.24) is 5.32 Å². The molecule has 1 aromatic heterocycles. The minimum atomic E-state index is -1.03. The van der Waals surface area contributed by atoms with Crippen molar-refractivity contribution in [2.45, 2.75) is 38.6 Å². The first-order chi connectivity index (χ1) is 14.0. The third-order valence-corrected chi connectivity index (χ3v) is 4.90. The smallest absolute Gasteiger partial charge is 0.311 e. The first kappa shape index (κ1) is 20.4. The molecule has 150 valence electrons. The summed E-state index contributed by atoms with van der Waals surface area (Å²) in [7, 11) is 0. The second-order valence-electron chi connectivity index (χ2n) is 7.10. The third-order valence-electron chi connectivity index (χ3n) is 4.90. The molecule has 0 aliphatic rings. The van der Waals surface area contributed by atoms with E-state index in [-0.39, 0.29) is 24.1 Å². The molecule has 29 heavy (non-hydrogen) atoms. The Morgan fingerprint density at radius 1 is 1.03 bits per heavy atom. The summed E-state index contributed by atoms with van der Waals surface area (Å²) in [5.74, 6) is -1.15. The van der Waals surface area contributed by atoms with Crippen LogP contribution in [0.1, 0.15) is 51.7 Å². The molecule has 0 fully saturated rings. The number of amides is 1. The van der Waals surface area contributed by atoms with Crippen molar-refractivity contribution in [3.8, 4) is 0 Å². The van der Waals surface area contributed by atoms with E-state index in [0.29, 0.717) is 11.1 Å². The SMILES string of the molecule is Cc1coc(CC(=O)O)c1C(=O)NC(CCCc1ccccc1)c1ccccc1. The minimum absolute atomic E-state index is 0.167. The molecule has 2 aromatic carbocycles. The highest BCUT2D eigenvalue weighted by atomic mass is 16.4. The average molecular weight is 391 g/mol. The van der Waals surface area contributed by atoms with E-state index in [2.05, 4.69) is 17.4 Å². The van der Waals surface area contributed by atoms with Gasteiger partial charge in [0.1, 0.15) is 12.2 Å². The van der Waals surface area contributed by atoms with Crippen LogP contribution in [0.25, 0.3) is 0 Å². The van der Waals surface area contributed by atoms with Gasteiger partial charge < -0.3 is 14.8 Å². The molecule has 0 aliphatic carbocycles. The molecule has 5 heteroatoms. The molecule has 1 amide bonds. The van der Waals surface area contributed by atoms with Gasteiger partial charge in [0.2, 0.25) is 0 Å². The molecular weight excluding hydrogens is 366 g/mol. The van der Waals surface area contributed by atoms with Crippen molar-refractivity contribution in [2.75, 3.05) is 0 Å². The first-order valence-corrected chi connectivity index (χ1v) is 9.73. The third kappa shape index (κ3) is 5.57. The average Bonchev–Trinajstić information content (AvgIpc) is 3.08. The lowest BCUT2D eigenvalue weighted by Crippen LogP contribution is -2.29. The largest absolute Gasteiger partial charge is 0.481 e. The van der Waals surface area contributed by atoms with E-state index < -0.39 is 5.97 Å². The second-order valence-corrected chi connectivity index (χ2v) is 7.10. The van der Waals surface area contributed by atoms with E-state index in [1.165, 1.54) is 11.8 Å². The summed E-state index contributed by atoms with van der Waals surface area (Å²) in [5, 5.41) is 12.2. The van der Waals surface area contributed by atoms with Crippen LogP contribution in [0, 0.1) is 6.92 Å². The molecule has 3 aromatic rings. The van der Waals surface area contributed by atoms with Gasteiger partial charge in [-0.15, -0.1) is 0 Å². The van der Waals surface area contributed by atoms with Crippen LogP contribution in [0.5, 0.6) is 0 Å². The molecule has 0 aliphatic heterocycles. The van der Waals surface area contributed by atoms with Crippen molar-refractivity contribution < 1.29 is 19.1 Å². The molecule has 5 nitrogen and oxygen atoms in total. The lowest BCUT2D eigenvalue weighted by Gasteiger charge is -2.20. The molecule has 0 radical (unpaired) electrons. The number of carbonyl (C=O) groups is 2. The van der Waals surface area contributed by atoms with Crippen LogP contribution in [-0.4, -0.2) is 17.0 Å². The number of rotatable bonds is 9. The summed E-state index contributed by atoms with van der Waals surface area (Å²) in [6, 6.07) is 19.9. The van der Waals surface area contributed by atoms with Gasteiger partial charge in [0.15, 0.2) is 0 Å². The minimum Gasteiger partial charge on any atom is -0.481 e. The predicted octanol–water partition coefficient (Wildman–Crippen LogP) is 4.71. The van der Waals surface area contributed by atoms with Gasteiger partial charge in [-0.25, -0.2) is 0 Å². The molecule has 2 N–H and O–H groups in total. The van der Waals surface area contributed by atoms with Crippen LogP contribution in [0.4, 0.5) is 0 Å². The highest BCUT2D eigenvalue weighted by Gasteiger charge is 2.23. The maximum atomic E-state index is 13.0. The number of furan rings is 1. The number of hydrogen-bond donors (Lipinski definition) is 2. The van der Waals surface area contributed by atoms with Gasteiger partial charge in [-0.3, -0.25) is 9.59 Å². The summed E-state index contributed by atoms with van der Waals surface area (Å²) in [6.45, 7) is 1.75. The molecular formula is C24H25NO4. The normalized spacial score (nSPS) is 11.8. The number of nitrogens with one attached hydrogen (secondary N) is 1. The van der Waals surface area contributed by atoms with E-state index in [1.807, 2.05) is 48.5 Å². The summed E-state index contributed by atoms with van der Waals surface area (Å²) in [4.78, 5) is 24.1. The molecule has 0 bridgehead atoms. The summed E-state index contributed by atoms with van der Waals surface area (Å²) in [5.41, 5.74) is 3.24. The molecule has 0 saturated heterocycles. The van der Waals surface area contributed by atoms with Crippen molar-refractivity contribution >= 4 is 11.9 Å². The molecule has 1 unspecified atom stereocenters. The summed E-state index contributed by atoms with van der Waals surface area (Å²) < 4.78 is 5.31. The summed E-state index contributed by atoms with van der Waals surface area (Å²) in [6.07, 6.45) is 3.72. The first-order valence-electron chi connectivity index (χ1n) is 9.73. The molecule has 3 rings (SSSR count). The lowest BCUT2D eigenvalue weighted by atomic mass is 9.98. The Balaban J connectivity index is 1.74. The zero-order chi connectivity index (χ0) is 20.6. The Hall–Kier alpha value is -3.34. The standard InChI is InChI=1S/C24H25NO4/c1-17-16-29-21(15-22(26)27)23(17)24(28)25-20(19-12-6-3-7-13-19)14-8-11-18-9-4-2-5-10-18/h2-7,9-10,12-13,16,20H,8,11,14-15H2,1H3,(H,25,28)(H,26,27). The van der Waals surface area contributed by atoms with Gasteiger partial charge in [0.05, 0.1) is 17.9 Å². The number of aliphatic carboxylic acids is 1. The van der Waals surface area contributed by atoms with Gasteiger partial charge in [0.25, 0.3) is 5.91 Å². The maximum Gasteiger partial charge on any atom is 0.311 e. The van der Waals surface area contributed by atoms with Gasteiger partial charge in [-0.1, -0.05) is 60.7 Å². The van der Waals surface area contributed by atoms with Crippen LogP contribution in [0.15, 0.2) is 71.3 Å². The van der Waals surface area contributed by atoms with Crippen LogP contribution in [-0.2, 0) is 17.6 Å². The number of carboxylic acid groups (broad SMARTS) is 1. The van der Waals surface area contributed by atoms with Crippen LogP contribution in [0.3, 0.4) is 0 Å². The van der Waals surface area contributed by atoms with Crippen molar-refractivity contribution in [3.63, 3.8) is 0 Å². The van der Waals surface area contributed by atoms with Crippen molar-refractivity contribution in [3.05, 3.63) is 94.9 Å². The van der Waals surface area contributed by atoms with E-state index >= 15 is 0 Å². The Labute approximate surface area is 170 Å². The van der Waals surface area contributed by atoms with Crippen LogP contribution < -0.4 is 5.32 Å². The van der Waals surface area contributed by atoms with Crippen LogP contribution in [0.2, 0.25) is 0 Å². The fraction of sp³-hybridized carbons (Fsp3) is 0.250. The Bertz CT molecular complexity index is 948. The Kier molecular flexibility index (Phi) is 6.85. The lowest BCUT2D eigenvalue weighted by molar-refractivity contribution is -0.136. The number of hydrogen-bond acceptors (Lipinski definition) is 3. The highest BCUT2D eigenvalue weighted by molar-refractivity contribution is 5.97.